The Bertz CT molecular complexity index is 556. The van der Waals surface area contributed by atoms with Gasteiger partial charge in [0.25, 0.3) is 11.7 Å². The van der Waals surface area contributed by atoms with Gasteiger partial charge in [0.1, 0.15) is 0 Å². The van der Waals surface area contributed by atoms with Crippen molar-refractivity contribution in [1.29, 1.82) is 0 Å². The third kappa shape index (κ3) is 1.81. The third-order valence-electron chi connectivity index (χ3n) is 3.79. The number of morpholine rings is 1. The van der Waals surface area contributed by atoms with E-state index in [-0.39, 0.29) is 0 Å². The van der Waals surface area contributed by atoms with Crippen molar-refractivity contribution in [3.8, 4) is 0 Å². The molecule has 2 aliphatic rings. The molecule has 2 heterocycles. The summed E-state index contributed by atoms with van der Waals surface area (Å²) in [5, 5.41) is 0. The fraction of sp³-hybridized carbons (Fsp3) is 0.429. The van der Waals surface area contributed by atoms with E-state index in [9.17, 15) is 9.59 Å². The first-order chi connectivity index (χ1) is 9.09. The number of nitrogens with zero attached hydrogens (tertiary/aromatic N) is 2. The molecule has 1 unspecified atom stereocenters. The van der Waals surface area contributed by atoms with Gasteiger partial charge in [-0.05, 0) is 25.1 Å². The maximum atomic E-state index is 11.7. The first-order valence-corrected chi connectivity index (χ1v) is 6.40. The van der Waals surface area contributed by atoms with Gasteiger partial charge in [0.05, 0.1) is 24.5 Å². The molecule has 1 aromatic rings. The molecule has 0 N–H and O–H groups in total. The minimum atomic E-state index is -0.456. The Morgan fingerprint density at radius 3 is 2.84 bits per heavy atom. The maximum absolute atomic E-state index is 11.7. The number of likely N-dealkylation sites (N-methyl/N-ethyl adjacent to an activating group) is 1. The van der Waals surface area contributed by atoms with E-state index in [4.69, 9.17) is 4.74 Å². The van der Waals surface area contributed by atoms with Gasteiger partial charge in [-0.1, -0.05) is 0 Å². The lowest BCUT2D eigenvalue weighted by atomic mass is 10.1. The van der Waals surface area contributed by atoms with E-state index >= 15 is 0 Å². The van der Waals surface area contributed by atoms with Crippen LogP contribution in [-0.4, -0.2) is 44.5 Å². The van der Waals surface area contributed by atoms with Crippen molar-refractivity contribution >= 4 is 23.1 Å². The molecule has 5 nitrogen and oxygen atoms in total. The zero-order valence-corrected chi connectivity index (χ0v) is 11.0. The van der Waals surface area contributed by atoms with E-state index in [0.717, 1.165) is 12.2 Å². The predicted octanol–water partition coefficient (Wildman–Crippen LogP) is 1.07. The van der Waals surface area contributed by atoms with Crippen LogP contribution in [0.5, 0.6) is 0 Å². The molecule has 100 valence electrons. The van der Waals surface area contributed by atoms with Crippen molar-refractivity contribution in [3.63, 3.8) is 0 Å². The number of ether oxygens (including phenoxy) is 1. The second-order valence-electron chi connectivity index (χ2n) is 5.01. The predicted molar refractivity (Wildman–Crippen MR) is 71.8 cm³/mol. The molecular formula is C14H16N2O3. The fourth-order valence-electron chi connectivity index (χ4n) is 2.66. The maximum Gasteiger partial charge on any atom is 0.299 e. The summed E-state index contributed by atoms with van der Waals surface area (Å²) >= 11 is 0. The van der Waals surface area contributed by atoms with Crippen molar-refractivity contribution in [2.24, 2.45) is 0 Å². The van der Waals surface area contributed by atoms with Crippen LogP contribution in [0.2, 0.25) is 0 Å². The second-order valence-corrected chi connectivity index (χ2v) is 5.01. The number of benzene rings is 1. The average molecular weight is 260 g/mol. The molecular weight excluding hydrogens is 244 g/mol. The number of Topliss-reactive ketones (excluding diaryl/α,β-unsaturated/α-hetero) is 1. The highest BCUT2D eigenvalue weighted by molar-refractivity contribution is 6.52. The van der Waals surface area contributed by atoms with Crippen LogP contribution in [0.15, 0.2) is 18.2 Å². The molecule has 0 aliphatic carbocycles. The number of hydrogen-bond acceptors (Lipinski definition) is 4. The molecule has 3 rings (SSSR count). The number of carbonyl (C=O) groups is 2. The normalized spacial score (nSPS) is 22.9. The molecule has 0 spiro atoms. The van der Waals surface area contributed by atoms with Crippen LogP contribution in [0, 0.1) is 0 Å². The standard InChI is InChI=1S/C14H16N2O3/c1-9-8-19-6-5-16(9)10-3-4-11-12(7-10)15(2)14(18)13(11)17/h3-4,7,9H,5-6,8H2,1-2H3. The Balaban J connectivity index is 1.98. The Morgan fingerprint density at radius 1 is 1.32 bits per heavy atom. The topological polar surface area (TPSA) is 49.9 Å². The van der Waals surface area contributed by atoms with Gasteiger partial charge >= 0.3 is 0 Å². The Kier molecular flexibility index (Phi) is 2.78. The molecule has 0 saturated carbocycles. The Hall–Kier alpha value is -1.88. The minimum absolute atomic E-state index is 0.296. The first kappa shape index (κ1) is 12.2. The van der Waals surface area contributed by atoms with Crippen LogP contribution in [0.1, 0.15) is 17.3 Å². The fourth-order valence-corrected chi connectivity index (χ4v) is 2.66. The lowest BCUT2D eigenvalue weighted by Gasteiger charge is -2.35. The van der Waals surface area contributed by atoms with Crippen molar-refractivity contribution < 1.29 is 14.3 Å². The SMILES string of the molecule is CC1COCCN1c1ccc2c(c1)N(C)C(=O)C2=O. The summed E-state index contributed by atoms with van der Waals surface area (Å²) in [7, 11) is 1.64. The molecule has 1 aromatic carbocycles. The van der Waals surface area contributed by atoms with Gasteiger partial charge in [0.15, 0.2) is 0 Å². The number of ketones is 1. The van der Waals surface area contributed by atoms with Gasteiger partial charge in [-0.3, -0.25) is 9.59 Å². The number of rotatable bonds is 1. The summed E-state index contributed by atoms with van der Waals surface area (Å²) < 4.78 is 5.42. The molecule has 1 atom stereocenters. The smallest absolute Gasteiger partial charge is 0.299 e. The lowest BCUT2D eigenvalue weighted by Crippen LogP contribution is -2.43. The van der Waals surface area contributed by atoms with Crippen LogP contribution in [0.4, 0.5) is 11.4 Å². The van der Waals surface area contributed by atoms with Gasteiger partial charge in [-0.15, -0.1) is 0 Å². The Morgan fingerprint density at radius 2 is 2.11 bits per heavy atom. The quantitative estimate of drug-likeness (QED) is 0.709. The van der Waals surface area contributed by atoms with Crippen molar-refractivity contribution in [2.75, 3.05) is 36.6 Å². The number of anilines is 2. The molecule has 19 heavy (non-hydrogen) atoms. The highest BCUT2D eigenvalue weighted by atomic mass is 16.5. The van der Waals surface area contributed by atoms with E-state index in [1.165, 1.54) is 4.90 Å². The van der Waals surface area contributed by atoms with Crippen LogP contribution in [0.3, 0.4) is 0 Å². The zero-order valence-electron chi connectivity index (χ0n) is 11.0. The third-order valence-corrected chi connectivity index (χ3v) is 3.79. The molecule has 5 heteroatoms. The monoisotopic (exact) mass is 260 g/mol. The van der Waals surface area contributed by atoms with E-state index in [0.29, 0.717) is 30.5 Å². The number of amides is 1. The summed E-state index contributed by atoms with van der Waals surface area (Å²) in [5.41, 5.74) is 2.23. The molecule has 1 fully saturated rings. The first-order valence-electron chi connectivity index (χ1n) is 6.40. The zero-order chi connectivity index (χ0) is 13.6. The largest absolute Gasteiger partial charge is 0.377 e. The number of fused-ring (bicyclic) bond motifs is 1. The van der Waals surface area contributed by atoms with Crippen LogP contribution in [-0.2, 0) is 9.53 Å². The molecule has 2 aliphatic heterocycles. The van der Waals surface area contributed by atoms with Gasteiger partial charge < -0.3 is 14.5 Å². The van der Waals surface area contributed by atoms with Gasteiger partial charge in [0, 0.05) is 25.3 Å². The molecule has 0 radical (unpaired) electrons. The van der Waals surface area contributed by atoms with Gasteiger partial charge in [-0.25, -0.2) is 0 Å². The van der Waals surface area contributed by atoms with E-state index in [2.05, 4.69) is 11.8 Å². The highest BCUT2D eigenvalue weighted by Gasteiger charge is 2.34. The lowest BCUT2D eigenvalue weighted by molar-refractivity contribution is -0.114. The van der Waals surface area contributed by atoms with Gasteiger partial charge in [-0.2, -0.15) is 0 Å². The minimum Gasteiger partial charge on any atom is -0.377 e. The highest BCUT2D eigenvalue weighted by Crippen LogP contribution is 2.32. The molecule has 0 aromatic heterocycles. The summed E-state index contributed by atoms with van der Waals surface area (Å²) in [6.07, 6.45) is 0. The molecule has 0 bridgehead atoms. The van der Waals surface area contributed by atoms with E-state index in [1.54, 1.807) is 13.1 Å². The molecule has 1 amide bonds. The van der Waals surface area contributed by atoms with Crippen molar-refractivity contribution in [2.45, 2.75) is 13.0 Å². The summed E-state index contributed by atoms with van der Waals surface area (Å²) in [6, 6.07) is 5.87. The summed E-state index contributed by atoms with van der Waals surface area (Å²) in [6.45, 7) is 4.33. The number of carbonyl (C=O) groups excluding carboxylic acids is 2. The van der Waals surface area contributed by atoms with E-state index < -0.39 is 11.7 Å². The Labute approximate surface area is 111 Å². The number of hydrogen-bond donors (Lipinski definition) is 0. The van der Waals surface area contributed by atoms with Crippen molar-refractivity contribution in [3.05, 3.63) is 23.8 Å². The van der Waals surface area contributed by atoms with Crippen LogP contribution >= 0.6 is 0 Å². The van der Waals surface area contributed by atoms with Gasteiger partial charge in [0.2, 0.25) is 0 Å². The van der Waals surface area contributed by atoms with Crippen LogP contribution < -0.4 is 9.80 Å². The molecule has 1 saturated heterocycles. The second kappa shape index (κ2) is 4.35. The van der Waals surface area contributed by atoms with E-state index in [1.807, 2.05) is 12.1 Å². The summed E-state index contributed by atoms with van der Waals surface area (Å²) in [5.74, 6) is -0.874. The van der Waals surface area contributed by atoms with Crippen molar-refractivity contribution in [1.82, 2.24) is 0 Å². The summed E-state index contributed by atoms with van der Waals surface area (Å²) in [4.78, 5) is 27.1. The average Bonchev–Trinajstić information content (AvgIpc) is 2.64. The van der Waals surface area contributed by atoms with Crippen LogP contribution in [0.25, 0.3) is 0 Å².